The number of rotatable bonds is 3. The molecule has 0 bridgehead atoms. The largest absolute Gasteiger partial charge is 0.374 e. The predicted octanol–water partition coefficient (Wildman–Crippen LogP) is 3.31. The summed E-state index contributed by atoms with van der Waals surface area (Å²) >= 11 is 0. The third kappa shape index (κ3) is 2.52. The van der Waals surface area contributed by atoms with Gasteiger partial charge in [-0.3, -0.25) is 4.79 Å². The molecule has 1 N–H and O–H groups in total. The Morgan fingerprint density at radius 3 is 2.71 bits per heavy atom. The van der Waals surface area contributed by atoms with E-state index in [-0.39, 0.29) is 5.91 Å². The van der Waals surface area contributed by atoms with Gasteiger partial charge in [0.2, 0.25) is 0 Å². The number of benzene rings is 2. The Balaban J connectivity index is 1.55. The van der Waals surface area contributed by atoms with Crippen LogP contribution in [-0.4, -0.2) is 32.6 Å². The third-order valence-corrected chi connectivity index (χ3v) is 5.19. The van der Waals surface area contributed by atoms with E-state index >= 15 is 0 Å². The van der Waals surface area contributed by atoms with E-state index in [1.807, 2.05) is 18.2 Å². The molecule has 4 nitrogen and oxygen atoms in total. The van der Waals surface area contributed by atoms with Crippen LogP contribution in [0.25, 0.3) is 0 Å². The minimum Gasteiger partial charge on any atom is -0.374 e. The van der Waals surface area contributed by atoms with Gasteiger partial charge in [0, 0.05) is 49.3 Å². The highest BCUT2D eigenvalue weighted by Crippen LogP contribution is 2.31. The fourth-order valence-corrected chi connectivity index (χ4v) is 3.76. The molecule has 124 valence electrons. The van der Waals surface area contributed by atoms with E-state index in [9.17, 15) is 4.79 Å². The Morgan fingerprint density at radius 2 is 1.88 bits per heavy atom. The van der Waals surface area contributed by atoms with E-state index in [1.54, 1.807) is 0 Å². The number of nitrogens with zero attached hydrogens (tertiary/aromatic N) is 2. The maximum absolute atomic E-state index is 12.6. The molecule has 1 amide bonds. The fourth-order valence-electron chi connectivity index (χ4n) is 3.76. The van der Waals surface area contributed by atoms with Crippen LogP contribution in [0.2, 0.25) is 0 Å². The van der Waals surface area contributed by atoms with Crippen LogP contribution < -0.4 is 15.1 Å². The van der Waals surface area contributed by atoms with Crippen LogP contribution in [0, 0.1) is 0 Å². The van der Waals surface area contributed by atoms with Crippen LogP contribution in [0.15, 0.2) is 36.4 Å². The Labute approximate surface area is 143 Å². The number of carbonyl (C=O) groups is 1. The average Bonchev–Trinajstić information content (AvgIpc) is 3.17. The topological polar surface area (TPSA) is 35.6 Å². The van der Waals surface area contributed by atoms with Crippen molar-refractivity contribution in [3.63, 3.8) is 0 Å². The van der Waals surface area contributed by atoms with Gasteiger partial charge in [0.15, 0.2) is 0 Å². The maximum Gasteiger partial charge on any atom is 0.255 e. The molecule has 4 heteroatoms. The lowest BCUT2D eigenvalue weighted by Crippen LogP contribution is -2.19. The van der Waals surface area contributed by atoms with E-state index in [4.69, 9.17) is 0 Å². The molecule has 4 rings (SSSR count). The number of likely N-dealkylation sites (N-methyl/N-ethyl adjacent to an activating group) is 2. The lowest BCUT2D eigenvalue weighted by Gasteiger charge is -2.17. The van der Waals surface area contributed by atoms with E-state index < -0.39 is 0 Å². The molecule has 0 aliphatic carbocycles. The molecule has 0 radical (unpaired) electrons. The summed E-state index contributed by atoms with van der Waals surface area (Å²) in [5.74, 6) is -0.0339. The highest BCUT2D eigenvalue weighted by atomic mass is 16.1. The molecule has 0 spiro atoms. The van der Waals surface area contributed by atoms with E-state index in [1.165, 1.54) is 22.5 Å². The van der Waals surface area contributed by atoms with Crippen LogP contribution in [0.5, 0.6) is 0 Å². The number of carbonyl (C=O) groups excluding carboxylic acids is 1. The van der Waals surface area contributed by atoms with Crippen molar-refractivity contribution in [3.8, 4) is 0 Å². The predicted molar refractivity (Wildman–Crippen MR) is 99.4 cm³/mol. The molecular formula is C20H23N3O. The third-order valence-electron chi connectivity index (χ3n) is 5.19. The number of amides is 1. The fraction of sp³-hybridized carbons (Fsp3) is 0.350. The molecule has 2 aliphatic heterocycles. The lowest BCUT2D eigenvalue weighted by atomic mass is 10.1. The average molecular weight is 321 g/mol. The standard InChI is InChI=1S/C20H23N3O/c1-3-23-11-9-14-4-6-17(13-19(14)23)21-20(24)16-5-7-18-15(12-16)8-10-22(18)2/h4-7,12-13H,3,8-11H2,1-2H3,(H,21,24). The molecule has 2 heterocycles. The number of fused-ring (bicyclic) bond motifs is 2. The second-order valence-corrected chi connectivity index (χ2v) is 6.64. The van der Waals surface area contributed by atoms with Gasteiger partial charge in [0.1, 0.15) is 0 Å². The Kier molecular flexibility index (Phi) is 3.68. The van der Waals surface area contributed by atoms with Crippen molar-refractivity contribution in [2.75, 3.05) is 41.8 Å². The minimum absolute atomic E-state index is 0.0339. The van der Waals surface area contributed by atoms with Crippen molar-refractivity contribution in [1.29, 1.82) is 0 Å². The zero-order valence-corrected chi connectivity index (χ0v) is 14.3. The zero-order chi connectivity index (χ0) is 16.7. The summed E-state index contributed by atoms with van der Waals surface area (Å²) in [7, 11) is 2.09. The lowest BCUT2D eigenvalue weighted by molar-refractivity contribution is 0.102. The van der Waals surface area contributed by atoms with Gasteiger partial charge in [-0.1, -0.05) is 6.07 Å². The highest BCUT2D eigenvalue weighted by molar-refractivity contribution is 6.05. The Bertz CT molecular complexity index is 799. The molecule has 0 fully saturated rings. The molecule has 0 saturated carbocycles. The Morgan fingerprint density at radius 1 is 1.04 bits per heavy atom. The summed E-state index contributed by atoms with van der Waals surface area (Å²) in [6.07, 6.45) is 2.10. The molecule has 0 atom stereocenters. The second kappa shape index (κ2) is 5.86. The molecule has 2 aliphatic rings. The van der Waals surface area contributed by atoms with Crippen LogP contribution in [0.3, 0.4) is 0 Å². The summed E-state index contributed by atoms with van der Waals surface area (Å²) in [6.45, 7) is 5.27. The number of anilines is 3. The van der Waals surface area contributed by atoms with E-state index in [2.05, 4.69) is 47.3 Å². The van der Waals surface area contributed by atoms with Gasteiger partial charge in [-0.25, -0.2) is 0 Å². The van der Waals surface area contributed by atoms with Crippen molar-refractivity contribution in [2.24, 2.45) is 0 Å². The summed E-state index contributed by atoms with van der Waals surface area (Å²) in [5, 5.41) is 3.06. The summed E-state index contributed by atoms with van der Waals surface area (Å²) in [6, 6.07) is 12.3. The van der Waals surface area contributed by atoms with Gasteiger partial charge in [0.25, 0.3) is 5.91 Å². The molecular weight excluding hydrogens is 298 g/mol. The monoisotopic (exact) mass is 321 g/mol. The molecule has 24 heavy (non-hydrogen) atoms. The molecule has 2 aromatic carbocycles. The van der Waals surface area contributed by atoms with Gasteiger partial charge in [-0.15, -0.1) is 0 Å². The van der Waals surface area contributed by atoms with Gasteiger partial charge in [-0.05, 0) is 61.2 Å². The Hall–Kier alpha value is -2.49. The zero-order valence-electron chi connectivity index (χ0n) is 14.3. The second-order valence-electron chi connectivity index (χ2n) is 6.64. The number of hydrogen-bond donors (Lipinski definition) is 1. The molecule has 0 aromatic heterocycles. The molecule has 0 saturated heterocycles. The number of hydrogen-bond acceptors (Lipinski definition) is 3. The van der Waals surface area contributed by atoms with Crippen LogP contribution >= 0.6 is 0 Å². The van der Waals surface area contributed by atoms with Crippen molar-refractivity contribution in [2.45, 2.75) is 19.8 Å². The van der Waals surface area contributed by atoms with Gasteiger partial charge in [-0.2, -0.15) is 0 Å². The first kappa shape index (κ1) is 15.1. The minimum atomic E-state index is -0.0339. The highest BCUT2D eigenvalue weighted by Gasteiger charge is 2.20. The van der Waals surface area contributed by atoms with Gasteiger partial charge >= 0.3 is 0 Å². The van der Waals surface area contributed by atoms with Gasteiger partial charge < -0.3 is 15.1 Å². The van der Waals surface area contributed by atoms with Crippen LogP contribution in [0.1, 0.15) is 28.4 Å². The first-order valence-electron chi connectivity index (χ1n) is 8.69. The first-order valence-corrected chi connectivity index (χ1v) is 8.69. The summed E-state index contributed by atoms with van der Waals surface area (Å²) in [4.78, 5) is 17.2. The van der Waals surface area contributed by atoms with Crippen molar-refractivity contribution < 1.29 is 4.79 Å². The van der Waals surface area contributed by atoms with Crippen LogP contribution in [-0.2, 0) is 12.8 Å². The smallest absolute Gasteiger partial charge is 0.255 e. The van der Waals surface area contributed by atoms with Crippen molar-refractivity contribution in [3.05, 3.63) is 53.1 Å². The normalized spacial score (nSPS) is 15.4. The van der Waals surface area contributed by atoms with Crippen LogP contribution in [0.4, 0.5) is 17.1 Å². The molecule has 2 aromatic rings. The quantitative estimate of drug-likeness (QED) is 0.942. The maximum atomic E-state index is 12.6. The first-order chi connectivity index (χ1) is 11.7. The van der Waals surface area contributed by atoms with Crippen molar-refractivity contribution in [1.82, 2.24) is 0 Å². The summed E-state index contributed by atoms with van der Waals surface area (Å²) < 4.78 is 0. The van der Waals surface area contributed by atoms with Crippen molar-refractivity contribution >= 4 is 23.0 Å². The number of nitrogens with one attached hydrogen (secondary N) is 1. The SMILES string of the molecule is CCN1CCc2ccc(NC(=O)c3ccc4c(c3)CCN4C)cc21. The summed E-state index contributed by atoms with van der Waals surface area (Å²) in [5.41, 5.74) is 6.73. The molecule has 0 unspecified atom stereocenters. The van der Waals surface area contributed by atoms with E-state index in [0.717, 1.165) is 43.7 Å². The van der Waals surface area contributed by atoms with Gasteiger partial charge in [0.05, 0.1) is 0 Å². The van der Waals surface area contributed by atoms with E-state index in [0.29, 0.717) is 0 Å².